The van der Waals surface area contributed by atoms with Crippen LogP contribution in [0.15, 0.2) is 36.7 Å². The van der Waals surface area contributed by atoms with E-state index in [2.05, 4.69) is 9.97 Å². The first-order valence-electron chi connectivity index (χ1n) is 6.10. The van der Waals surface area contributed by atoms with Crippen LogP contribution in [0.25, 0.3) is 0 Å². The maximum Gasteiger partial charge on any atom is 0.434 e. The number of hydrogen-bond acceptors (Lipinski definition) is 5. The molecule has 0 atom stereocenters. The van der Waals surface area contributed by atoms with Crippen LogP contribution >= 0.6 is 0 Å². The quantitative estimate of drug-likeness (QED) is 0.812. The van der Waals surface area contributed by atoms with Crippen LogP contribution in [0.4, 0.5) is 13.2 Å². The van der Waals surface area contributed by atoms with Gasteiger partial charge in [-0.2, -0.15) is 13.2 Å². The molecular formula is C14H11F3N2O3. The molecule has 0 unspecified atom stereocenters. The smallest absolute Gasteiger partial charge is 0.434 e. The van der Waals surface area contributed by atoms with E-state index in [0.717, 1.165) is 12.3 Å². The van der Waals surface area contributed by atoms with E-state index in [4.69, 9.17) is 9.47 Å². The molecule has 2 aromatic heterocycles. The largest absolute Gasteiger partial charge is 0.481 e. The minimum atomic E-state index is -4.72. The van der Waals surface area contributed by atoms with Crippen LogP contribution in [0.2, 0.25) is 0 Å². The second-order valence-electron chi connectivity index (χ2n) is 4.18. The Kier molecular flexibility index (Phi) is 4.59. The topological polar surface area (TPSA) is 61.3 Å². The number of carbonyl (C=O) groups is 1. The van der Waals surface area contributed by atoms with Crippen LogP contribution in [-0.2, 0) is 17.5 Å². The molecule has 0 aliphatic rings. The van der Waals surface area contributed by atoms with Gasteiger partial charge in [-0.25, -0.2) is 9.78 Å². The lowest BCUT2D eigenvalue weighted by Crippen LogP contribution is -2.16. The Balaban J connectivity index is 2.09. The van der Waals surface area contributed by atoms with Crippen LogP contribution in [0.1, 0.15) is 21.6 Å². The summed E-state index contributed by atoms with van der Waals surface area (Å²) in [6.45, 7) is -0.206. The van der Waals surface area contributed by atoms with Crippen molar-refractivity contribution < 1.29 is 27.4 Å². The van der Waals surface area contributed by atoms with Gasteiger partial charge < -0.3 is 9.47 Å². The second kappa shape index (κ2) is 6.42. The summed E-state index contributed by atoms with van der Waals surface area (Å²) in [5.41, 5.74) is -1.38. The molecule has 0 radical (unpaired) electrons. The van der Waals surface area contributed by atoms with E-state index in [-0.39, 0.29) is 6.61 Å². The number of esters is 1. The Morgan fingerprint density at radius 3 is 2.59 bits per heavy atom. The zero-order valence-corrected chi connectivity index (χ0v) is 11.4. The number of halogens is 3. The Bertz CT molecular complexity index is 657. The Hall–Kier alpha value is -2.64. The van der Waals surface area contributed by atoms with Crippen molar-refractivity contribution in [3.05, 3.63) is 53.5 Å². The van der Waals surface area contributed by atoms with Crippen molar-refractivity contribution in [3.63, 3.8) is 0 Å². The van der Waals surface area contributed by atoms with Crippen LogP contribution in [0, 0.1) is 0 Å². The molecule has 0 spiro atoms. The third kappa shape index (κ3) is 3.72. The third-order valence-corrected chi connectivity index (χ3v) is 2.67. The van der Waals surface area contributed by atoms with Gasteiger partial charge in [0.2, 0.25) is 5.88 Å². The lowest BCUT2D eigenvalue weighted by atomic mass is 10.2. The Labute approximate surface area is 123 Å². The molecule has 0 aliphatic carbocycles. The molecule has 0 saturated carbocycles. The first kappa shape index (κ1) is 15.7. The van der Waals surface area contributed by atoms with E-state index in [1.165, 1.54) is 19.4 Å². The molecule has 2 heterocycles. The lowest BCUT2D eigenvalue weighted by molar-refractivity contribution is -0.141. The van der Waals surface area contributed by atoms with E-state index in [1.807, 2.05) is 0 Å². The molecular weight excluding hydrogens is 301 g/mol. The molecule has 0 fully saturated rings. The molecule has 0 saturated heterocycles. The summed E-state index contributed by atoms with van der Waals surface area (Å²) >= 11 is 0. The summed E-state index contributed by atoms with van der Waals surface area (Å²) < 4.78 is 48.0. The minimum absolute atomic E-state index is 0.206. The van der Waals surface area contributed by atoms with E-state index in [9.17, 15) is 18.0 Å². The maximum atomic E-state index is 12.8. The van der Waals surface area contributed by atoms with Gasteiger partial charge in [-0.15, -0.1) is 0 Å². The fraction of sp³-hybridized carbons (Fsp3) is 0.214. The summed E-state index contributed by atoms with van der Waals surface area (Å²) in [4.78, 5) is 18.9. The zero-order chi connectivity index (χ0) is 16.2. The molecule has 0 aromatic carbocycles. The van der Waals surface area contributed by atoms with E-state index < -0.39 is 23.4 Å². The molecule has 8 heteroatoms. The van der Waals surface area contributed by atoms with Gasteiger partial charge in [0.25, 0.3) is 0 Å². The molecule has 0 bridgehead atoms. The third-order valence-electron chi connectivity index (χ3n) is 2.67. The van der Waals surface area contributed by atoms with Crippen LogP contribution in [-0.4, -0.2) is 23.0 Å². The van der Waals surface area contributed by atoms with Crippen molar-refractivity contribution in [1.82, 2.24) is 9.97 Å². The zero-order valence-electron chi connectivity index (χ0n) is 11.4. The highest BCUT2D eigenvalue weighted by atomic mass is 19.4. The highest BCUT2D eigenvalue weighted by Gasteiger charge is 2.37. The highest BCUT2D eigenvalue weighted by Crippen LogP contribution is 2.30. The fourth-order valence-corrected chi connectivity index (χ4v) is 1.64. The SMILES string of the molecule is COc1ccc(COC(=O)c2cccnc2C(F)(F)F)cn1. The number of methoxy groups -OCH3 is 1. The molecule has 0 amide bonds. The van der Waals surface area contributed by atoms with Crippen LogP contribution in [0.5, 0.6) is 5.88 Å². The van der Waals surface area contributed by atoms with Crippen molar-refractivity contribution in [2.75, 3.05) is 7.11 Å². The number of rotatable bonds is 4. The first-order chi connectivity index (χ1) is 10.4. The van der Waals surface area contributed by atoms with Crippen LogP contribution in [0.3, 0.4) is 0 Å². The number of aromatic nitrogens is 2. The normalized spacial score (nSPS) is 11.1. The fourth-order valence-electron chi connectivity index (χ4n) is 1.64. The van der Waals surface area contributed by atoms with Gasteiger partial charge in [-0.05, 0) is 18.2 Å². The number of pyridine rings is 2. The molecule has 5 nitrogen and oxygen atoms in total. The predicted molar refractivity (Wildman–Crippen MR) is 69.1 cm³/mol. The van der Waals surface area contributed by atoms with Crippen molar-refractivity contribution in [1.29, 1.82) is 0 Å². The molecule has 0 aliphatic heterocycles. The maximum absolute atomic E-state index is 12.8. The summed E-state index contributed by atoms with van der Waals surface area (Å²) in [6, 6.07) is 5.40. The second-order valence-corrected chi connectivity index (χ2v) is 4.18. The number of hydrogen-bond donors (Lipinski definition) is 0. The number of carbonyl (C=O) groups excluding carboxylic acids is 1. The number of alkyl halides is 3. The average Bonchev–Trinajstić information content (AvgIpc) is 2.52. The van der Waals surface area contributed by atoms with Crippen LogP contribution < -0.4 is 4.74 Å². The average molecular weight is 312 g/mol. The van der Waals surface area contributed by atoms with Crippen molar-refractivity contribution in [2.45, 2.75) is 12.8 Å². The highest BCUT2D eigenvalue weighted by molar-refractivity contribution is 5.90. The van der Waals surface area contributed by atoms with Gasteiger partial charge in [0.05, 0.1) is 12.7 Å². The summed E-state index contributed by atoms with van der Waals surface area (Å²) in [7, 11) is 1.45. The van der Waals surface area contributed by atoms with Gasteiger partial charge >= 0.3 is 12.1 Å². The molecule has 116 valence electrons. The molecule has 2 aromatic rings. The first-order valence-corrected chi connectivity index (χ1v) is 6.10. The Morgan fingerprint density at radius 1 is 1.23 bits per heavy atom. The van der Waals surface area contributed by atoms with E-state index in [0.29, 0.717) is 11.4 Å². The minimum Gasteiger partial charge on any atom is -0.481 e. The predicted octanol–water partition coefficient (Wildman–Crippen LogP) is 2.86. The van der Waals surface area contributed by atoms with Crippen molar-refractivity contribution in [3.8, 4) is 5.88 Å². The van der Waals surface area contributed by atoms with E-state index >= 15 is 0 Å². The molecule has 2 rings (SSSR count). The lowest BCUT2D eigenvalue weighted by Gasteiger charge is -2.11. The summed E-state index contributed by atoms with van der Waals surface area (Å²) in [5, 5.41) is 0. The number of ether oxygens (including phenoxy) is 2. The standard InChI is InChI=1S/C14H11F3N2O3/c1-21-11-5-4-9(7-19-11)8-22-13(20)10-3-2-6-18-12(10)14(15,16)17/h2-7H,8H2,1H3. The number of nitrogens with zero attached hydrogens (tertiary/aromatic N) is 2. The monoisotopic (exact) mass is 312 g/mol. The van der Waals surface area contributed by atoms with Crippen molar-refractivity contribution in [2.24, 2.45) is 0 Å². The Morgan fingerprint density at radius 2 is 2.00 bits per heavy atom. The van der Waals surface area contributed by atoms with Crippen molar-refractivity contribution >= 4 is 5.97 Å². The molecule has 22 heavy (non-hydrogen) atoms. The van der Waals surface area contributed by atoms with Gasteiger partial charge in [0.1, 0.15) is 6.61 Å². The van der Waals surface area contributed by atoms with Gasteiger partial charge in [-0.1, -0.05) is 0 Å². The molecule has 0 N–H and O–H groups in total. The summed E-state index contributed by atoms with van der Waals surface area (Å²) in [6.07, 6.45) is -2.36. The van der Waals surface area contributed by atoms with Gasteiger partial charge in [-0.3, -0.25) is 4.98 Å². The van der Waals surface area contributed by atoms with Gasteiger partial charge in [0, 0.05) is 24.0 Å². The van der Waals surface area contributed by atoms with E-state index in [1.54, 1.807) is 12.1 Å². The van der Waals surface area contributed by atoms with Gasteiger partial charge in [0.15, 0.2) is 5.69 Å². The summed E-state index contributed by atoms with van der Waals surface area (Å²) in [5.74, 6) is -0.724.